The molecule has 0 aliphatic carbocycles. The van der Waals surface area contributed by atoms with E-state index < -0.39 is 0 Å². The Hall–Kier alpha value is -0.120. The Labute approximate surface area is 113 Å². The quantitative estimate of drug-likeness (QED) is 0.708. The Bertz CT molecular complexity index is 219. The number of ether oxygens (including phenoxy) is 1. The lowest BCUT2D eigenvalue weighted by Gasteiger charge is -2.33. The van der Waals surface area contributed by atoms with Crippen LogP contribution in [0.25, 0.3) is 0 Å². The summed E-state index contributed by atoms with van der Waals surface area (Å²) in [6, 6.07) is 0. The Balaban J connectivity index is 2.37. The Morgan fingerprint density at radius 3 is 2.78 bits per heavy atom. The topological polar surface area (TPSA) is 24.5 Å². The van der Waals surface area contributed by atoms with Crippen molar-refractivity contribution in [1.82, 2.24) is 10.2 Å². The van der Waals surface area contributed by atoms with Gasteiger partial charge in [0.15, 0.2) is 0 Å². The molecule has 1 saturated heterocycles. The van der Waals surface area contributed by atoms with Crippen LogP contribution in [0.1, 0.15) is 47.0 Å². The fourth-order valence-electron chi connectivity index (χ4n) is 2.63. The van der Waals surface area contributed by atoms with Crippen molar-refractivity contribution in [3.05, 3.63) is 0 Å². The van der Waals surface area contributed by atoms with Gasteiger partial charge in [-0.05, 0) is 31.2 Å². The molecule has 0 radical (unpaired) electrons. The maximum atomic E-state index is 5.84. The van der Waals surface area contributed by atoms with E-state index in [-0.39, 0.29) is 0 Å². The number of nitrogens with one attached hydrogen (secondary N) is 1. The van der Waals surface area contributed by atoms with Crippen LogP contribution >= 0.6 is 0 Å². The zero-order valence-corrected chi connectivity index (χ0v) is 12.8. The van der Waals surface area contributed by atoms with Crippen LogP contribution in [0.4, 0.5) is 0 Å². The van der Waals surface area contributed by atoms with E-state index in [0.29, 0.717) is 11.5 Å². The highest BCUT2D eigenvalue weighted by Crippen LogP contribution is 2.18. The summed E-state index contributed by atoms with van der Waals surface area (Å²) in [5.74, 6) is 0. The highest BCUT2D eigenvalue weighted by atomic mass is 16.5. The van der Waals surface area contributed by atoms with E-state index in [2.05, 4.69) is 37.9 Å². The number of hydrogen-bond donors (Lipinski definition) is 1. The van der Waals surface area contributed by atoms with Gasteiger partial charge in [0.1, 0.15) is 0 Å². The van der Waals surface area contributed by atoms with Gasteiger partial charge in [0, 0.05) is 32.8 Å². The first kappa shape index (κ1) is 15.9. The molecule has 0 spiro atoms. The van der Waals surface area contributed by atoms with E-state index >= 15 is 0 Å². The molecule has 18 heavy (non-hydrogen) atoms. The lowest BCUT2D eigenvalue weighted by molar-refractivity contribution is 0.0466. The number of nitrogens with zero attached hydrogens (tertiary/aromatic N) is 1. The second kappa shape index (κ2) is 8.13. The number of hydrogen-bond acceptors (Lipinski definition) is 3. The summed E-state index contributed by atoms with van der Waals surface area (Å²) in [6.07, 6.45) is 3.96. The molecular weight excluding hydrogens is 224 g/mol. The number of rotatable bonds is 7. The monoisotopic (exact) mass is 256 g/mol. The van der Waals surface area contributed by atoms with Crippen molar-refractivity contribution < 1.29 is 4.74 Å². The zero-order chi connectivity index (χ0) is 13.4. The SMILES string of the molecule is CCCNCC(C)(C)CN1CCCOC(CC)C1. The molecule has 0 aromatic carbocycles. The molecular formula is C15H32N2O. The Morgan fingerprint density at radius 1 is 1.33 bits per heavy atom. The van der Waals surface area contributed by atoms with Crippen molar-refractivity contribution in [1.29, 1.82) is 0 Å². The van der Waals surface area contributed by atoms with Crippen LogP contribution < -0.4 is 5.32 Å². The van der Waals surface area contributed by atoms with Gasteiger partial charge >= 0.3 is 0 Å². The molecule has 1 heterocycles. The van der Waals surface area contributed by atoms with Crippen molar-refractivity contribution in [3.63, 3.8) is 0 Å². The van der Waals surface area contributed by atoms with Crippen LogP contribution in [0.15, 0.2) is 0 Å². The van der Waals surface area contributed by atoms with Crippen molar-refractivity contribution in [2.45, 2.75) is 53.1 Å². The standard InChI is InChI=1S/C15H32N2O/c1-5-8-16-12-15(3,4)13-17-9-7-10-18-14(6-2)11-17/h14,16H,5-13H2,1-4H3. The molecule has 1 N–H and O–H groups in total. The first-order valence-corrected chi connectivity index (χ1v) is 7.62. The molecule has 3 heteroatoms. The molecule has 1 rings (SSSR count). The van der Waals surface area contributed by atoms with Crippen molar-refractivity contribution in [2.24, 2.45) is 5.41 Å². The summed E-state index contributed by atoms with van der Waals surface area (Å²) in [4.78, 5) is 2.59. The minimum Gasteiger partial charge on any atom is -0.377 e. The maximum absolute atomic E-state index is 5.84. The first-order valence-electron chi connectivity index (χ1n) is 7.62. The van der Waals surface area contributed by atoms with E-state index in [0.717, 1.165) is 32.7 Å². The van der Waals surface area contributed by atoms with E-state index in [1.54, 1.807) is 0 Å². The summed E-state index contributed by atoms with van der Waals surface area (Å²) in [7, 11) is 0. The third-order valence-electron chi connectivity index (χ3n) is 3.57. The minimum atomic E-state index is 0.345. The predicted octanol–water partition coefficient (Wildman–Crippen LogP) is 2.51. The molecule has 0 amide bonds. The molecule has 1 aliphatic heterocycles. The molecule has 3 nitrogen and oxygen atoms in total. The molecule has 0 saturated carbocycles. The molecule has 0 aromatic rings. The van der Waals surface area contributed by atoms with Gasteiger partial charge in [-0.1, -0.05) is 27.7 Å². The smallest absolute Gasteiger partial charge is 0.0699 e. The summed E-state index contributed by atoms with van der Waals surface area (Å²) < 4.78 is 5.84. The van der Waals surface area contributed by atoms with Crippen LogP contribution in [0.5, 0.6) is 0 Å². The third kappa shape index (κ3) is 6.17. The van der Waals surface area contributed by atoms with Gasteiger partial charge in [0.2, 0.25) is 0 Å². The van der Waals surface area contributed by atoms with Crippen LogP contribution in [-0.4, -0.2) is 50.3 Å². The predicted molar refractivity (Wildman–Crippen MR) is 78.0 cm³/mol. The molecule has 108 valence electrons. The van der Waals surface area contributed by atoms with Gasteiger partial charge in [-0.15, -0.1) is 0 Å². The fourth-order valence-corrected chi connectivity index (χ4v) is 2.63. The van der Waals surface area contributed by atoms with Crippen molar-refractivity contribution in [3.8, 4) is 0 Å². The lowest BCUT2D eigenvalue weighted by Crippen LogP contribution is -2.43. The maximum Gasteiger partial charge on any atom is 0.0699 e. The van der Waals surface area contributed by atoms with Crippen LogP contribution in [0.2, 0.25) is 0 Å². The van der Waals surface area contributed by atoms with E-state index in [9.17, 15) is 0 Å². The average Bonchev–Trinajstić information content (AvgIpc) is 2.53. The van der Waals surface area contributed by atoms with E-state index in [1.807, 2.05) is 0 Å². The third-order valence-corrected chi connectivity index (χ3v) is 3.57. The largest absolute Gasteiger partial charge is 0.377 e. The lowest BCUT2D eigenvalue weighted by atomic mass is 9.92. The van der Waals surface area contributed by atoms with Crippen molar-refractivity contribution in [2.75, 3.05) is 39.3 Å². The summed E-state index contributed by atoms with van der Waals surface area (Å²) in [5, 5.41) is 3.55. The summed E-state index contributed by atoms with van der Waals surface area (Å²) >= 11 is 0. The van der Waals surface area contributed by atoms with Gasteiger partial charge in [0.05, 0.1) is 6.10 Å². The van der Waals surface area contributed by atoms with Crippen LogP contribution in [0.3, 0.4) is 0 Å². The normalized spacial score (nSPS) is 23.0. The summed E-state index contributed by atoms with van der Waals surface area (Å²) in [6.45, 7) is 15.8. The Morgan fingerprint density at radius 2 is 2.11 bits per heavy atom. The molecule has 0 bridgehead atoms. The fraction of sp³-hybridized carbons (Fsp3) is 1.00. The van der Waals surface area contributed by atoms with Gasteiger partial charge < -0.3 is 15.0 Å². The van der Waals surface area contributed by atoms with E-state index in [1.165, 1.54) is 25.9 Å². The van der Waals surface area contributed by atoms with Crippen LogP contribution in [0, 0.1) is 5.41 Å². The molecule has 1 fully saturated rings. The molecule has 0 aromatic heterocycles. The zero-order valence-electron chi connectivity index (χ0n) is 12.8. The average molecular weight is 256 g/mol. The van der Waals surface area contributed by atoms with Gasteiger partial charge in [-0.2, -0.15) is 0 Å². The second-order valence-corrected chi connectivity index (χ2v) is 6.33. The van der Waals surface area contributed by atoms with Crippen LogP contribution in [-0.2, 0) is 4.74 Å². The van der Waals surface area contributed by atoms with Crippen molar-refractivity contribution >= 4 is 0 Å². The minimum absolute atomic E-state index is 0.345. The van der Waals surface area contributed by atoms with Gasteiger partial charge in [-0.25, -0.2) is 0 Å². The molecule has 1 atom stereocenters. The summed E-state index contributed by atoms with van der Waals surface area (Å²) in [5.41, 5.74) is 0.345. The Kier molecular flexibility index (Phi) is 7.20. The van der Waals surface area contributed by atoms with Gasteiger partial charge in [0.25, 0.3) is 0 Å². The highest BCUT2D eigenvalue weighted by molar-refractivity contribution is 4.79. The molecule has 1 unspecified atom stereocenters. The van der Waals surface area contributed by atoms with Gasteiger partial charge in [-0.3, -0.25) is 0 Å². The van der Waals surface area contributed by atoms with E-state index in [4.69, 9.17) is 4.74 Å². The second-order valence-electron chi connectivity index (χ2n) is 6.33. The molecule has 1 aliphatic rings. The first-order chi connectivity index (χ1) is 8.57. The highest BCUT2D eigenvalue weighted by Gasteiger charge is 2.24.